The van der Waals surface area contributed by atoms with E-state index in [9.17, 15) is 0 Å². The minimum absolute atomic E-state index is 0.565. The Morgan fingerprint density at radius 3 is 2.69 bits per heavy atom. The van der Waals surface area contributed by atoms with E-state index in [1.54, 1.807) is 31.5 Å². The molecule has 0 amide bonds. The van der Waals surface area contributed by atoms with Gasteiger partial charge in [-0.1, -0.05) is 36.2 Å². The van der Waals surface area contributed by atoms with Crippen LogP contribution in [0.4, 0.5) is 5.69 Å². The van der Waals surface area contributed by atoms with E-state index in [0.29, 0.717) is 12.2 Å². The number of ether oxygens (including phenoxy) is 1. The number of benzene rings is 2. The van der Waals surface area contributed by atoms with Crippen molar-refractivity contribution in [3.8, 4) is 16.9 Å². The molecule has 0 aliphatic carbocycles. The first kappa shape index (κ1) is 23.4. The number of anilines is 1. The number of hydrogen-bond donors (Lipinski definition) is 3. The lowest BCUT2D eigenvalue weighted by atomic mass is 10.00. The Morgan fingerprint density at radius 1 is 1.16 bits per heavy atom. The lowest BCUT2D eigenvalue weighted by Gasteiger charge is -2.14. The molecule has 0 spiro atoms. The van der Waals surface area contributed by atoms with Gasteiger partial charge in [-0.2, -0.15) is 0 Å². The molecular formula is C25H29N5OS. The van der Waals surface area contributed by atoms with Crippen LogP contribution in [0.1, 0.15) is 11.1 Å². The predicted molar refractivity (Wildman–Crippen MR) is 137 cm³/mol. The van der Waals surface area contributed by atoms with Crippen molar-refractivity contribution < 1.29 is 4.74 Å². The lowest BCUT2D eigenvalue weighted by Crippen LogP contribution is -2.10. The largest absolute Gasteiger partial charge is 0.497 e. The number of aromatic nitrogens is 1. The Kier molecular flexibility index (Phi) is 9.16. The van der Waals surface area contributed by atoms with Gasteiger partial charge in [-0.3, -0.25) is 14.7 Å². The molecule has 0 bridgehead atoms. The second-order valence-electron chi connectivity index (χ2n) is 6.94. The standard InChI is InChI=1S/C25H29N5OS/c1-27-32-15-14-30-25-10-7-21(20-5-8-22(31-2)9-6-20)16-23(25)24(26)11-13-29-18-19-4-3-12-28-17-19/h3-13,16-17,27,30H,14-15,18,26H2,1-2H3. The normalized spacial score (nSPS) is 11.6. The number of nitrogens with one attached hydrogen (secondary N) is 2. The van der Waals surface area contributed by atoms with Crippen molar-refractivity contribution in [3.63, 3.8) is 0 Å². The molecule has 0 fully saturated rings. The maximum Gasteiger partial charge on any atom is 0.118 e. The van der Waals surface area contributed by atoms with E-state index >= 15 is 0 Å². The Bertz CT molecular complexity index is 1040. The molecule has 6 nitrogen and oxygen atoms in total. The maximum absolute atomic E-state index is 6.48. The number of pyridine rings is 1. The van der Waals surface area contributed by atoms with Gasteiger partial charge in [0.1, 0.15) is 5.75 Å². The molecule has 0 atom stereocenters. The molecule has 3 aromatic rings. The third kappa shape index (κ3) is 6.87. The van der Waals surface area contributed by atoms with Gasteiger partial charge in [0.2, 0.25) is 0 Å². The van der Waals surface area contributed by atoms with Crippen LogP contribution in [-0.4, -0.2) is 37.7 Å². The van der Waals surface area contributed by atoms with E-state index < -0.39 is 0 Å². The highest BCUT2D eigenvalue weighted by Gasteiger charge is 2.08. The first-order valence-corrected chi connectivity index (χ1v) is 11.4. The fraction of sp³-hybridized carbons (Fsp3) is 0.200. The molecule has 0 saturated heterocycles. The van der Waals surface area contributed by atoms with Gasteiger partial charge in [0, 0.05) is 47.9 Å². The van der Waals surface area contributed by atoms with Crippen molar-refractivity contribution in [2.45, 2.75) is 6.54 Å². The van der Waals surface area contributed by atoms with Crippen LogP contribution in [0.15, 0.2) is 78.1 Å². The lowest BCUT2D eigenvalue weighted by molar-refractivity contribution is 0.415. The fourth-order valence-electron chi connectivity index (χ4n) is 3.11. The SMILES string of the molecule is CNSCCNc1ccc(-c2ccc(OC)cc2)cc1C(N)=CC=NCc1cccnc1. The molecule has 1 aromatic heterocycles. The summed E-state index contributed by atoms with van der Waals surface area (Å²) < 4.78 is 8.36. The first-order valence-electron chi connectivity index (χ1n) is 10.4. The molecule has 0 aliphatic rings. The number of rotatable bonds is 11. The average molecular weight is 448 g/mol. The van der Waals surface area contributed by atoms with Gasteiger partial charge in [0.25, 0.3) is 0 Å². The van der Waals surface area contributed by atoms with Crippen LogP contribution in [0.25, 0.3) is 16.8 Å². The number of methoxy groups -OCH3 is 1. The Balaban J connectivity index is 1.82. The third-order valence-electron chi connectivity index (χ3n) is 4.77. The first-order chi connectivity index (χ1) is 15.7. The molecular weight excluding hydrogens is 418 g/mol. The zero-order valence-electron chi connectivity index (χ0n) is 18.4. The molecule has 1 heterocycles. The van der Waals surface area contributed by atoms with E-state index in [-0.39, 0.29) is 0 Å². The van der Waals surface area contributed by atoms with E-state index in [4.69, 9.17) is 10.5 Å². The Labute approximate surface area is 194 Å². The van der Waals surface area contributed by atoms with Crippen LogP contribution in [0.3, 0.4) is 0 Å². The summed E-state index contributed by atoms with van der Waals surface area (Å²) in [6, 6.07) is 18.2. The van der Waals surface area contributed by atoms with Gasteiger partial charge < -0.3 is 15.8 Å². The summed E-state index contributed by atoms with van der Waals surface area (Å²) in [6.07, 6.45) is 7.17. The fourth-order valence-corrected chi connectivity index (χ4v) is 3.52. The molecule has 3 rings (SSSR count). The van der Waals surface area contributed by atoms with Gasteiger partial charge in [-0.25, -0.2) is 0 Å². The van der Waals surface area contributed by atoms with Crippen molar-refractivity contribution in [2.75, 3.05) is 31.8 Å². The highest BCUT2D eigenvalue weighted by atomic mass is 32.2. The molecule has 0 unspecified atom stereocenters. The second-order valence-corrected chi connectivity index (χ2v) is 8.05. The van der Waals surface area contributed by atoms with Crippen LogP contribution in [0.2, 0.25) is 0 Å². The van der Waals surface area contributed by atoms with E-state index in [0.717, 1.165) is 46.0 Å². The van der Waals surface area contributed by atoms with Crippen LogP contribution in [0, 0.1) is 0 Å². The quantitative estimate of drug-likeness (QED) is 0.226. The smallest absolute Gasteiger partial charge is 0.118 e. The van der Waals surface area contributed by atoms with Crippen molar-refractivity contribution >= 4 is 29.5 Å². The van der Waals surface area contributed by atoms with Gasteiger partial charge >= 0.3 is 0 Å². The molecule has 32 heavy (non-hydrogen) atoms. The Morgan fingerprint density at radius 2 is 1.97 bits per heavy atom. The molecule has 2 aromatic carbocycles. The van der Waals surface area contributed by atoms with E-state index in [1.165, 1.54) is 0 Å². The molecule has 7 heteroatoms. The summed E-state index contributed by atoms with van der Waals surface area (Å²) in [5.41, 5.74) is 12.3. The zero-order chi connectivity index (χ0) is 22.6. The van der Waals surface area contributed by atoms with Gasteiger partial charge in [-0.15, -0.1) is 0 Å². The highest BCUT2D eigenvalue weighted by Crippen LogP contribution is 2.29. The maximum atomic E-state index is 6.48. The Hall–Kier alpha value is -3.29. The summed E-state index contributed by atoms with van der Waals surface area (Å²) in [5.74, 6) is 1.77. The van der Waals surface area contributed by atoms with Crippen LogP contribution in [-0.2, 0) is 6.54 Å². The molecule has 0 radical (unpaired) electrons. The third-order valence-corrected chi connectivity index (χ3v) is 5.47. The summed E-state index contributed by atoms with van der Waals surface area (Å²) >= 11 is 1.66. The summed E-state index contributed by atoms with van der Waals surface area (Å²) in [5, 5.41) is 3.49. The average Bonchev–Trinajstić information content (AvgIpc) is 2.85. The molecule has 0 aliphatic heterocycles. The zero-order valence-corrected chi connectivity index (χ0v) is 19.2. The summed E-state index contributed by atoms with van der Waals surface area (Å²) in [4.78, 5) is 8.57. The molecule has 4 N–H and O–H groups in total. The monoisotopic (exact) mass is 447 g/mol. The second kappa shape index (κ2) is 12.5. The van der Waals surface area contributed by atoms with Crippen LogP contribution in [0.5, 0.6) is 5.75 Å². The number of hydrogen-bond acceptors (Lipinski definition) is 7. The van der Waals surface area contributed by atoms with Crippen molar-refractivity contribution in [1.29, 1.82) is 0 Å². The number of allylic oxidation sites excluding steroid dienone is 1. The van der Waals surface area contributed by atoms with Crippen molar-refractivity contribution in [2.24, 2.45) is 10.7 Å². The minimum Gasteiger partial charge on any atom is -0.497 e. The van der Waals surface area contributed by atoms with Crippen LogP contribution < -0.4 is 20.5 Å². The van der Waals surface area contributed by atoms with Crippen LogP contribution >= 0.6 is 11.9 Å². The van der Waals surface area contributed by atoms with E-state index in [1.807, 2.05) is 55.7 Å². The van der Waals surface area contributed by atoms with E-state index in [2.05, 4.69) is 38.2 Å². The number of aliphatic imine (C=N–C) groups is 1. The number of nitrogens with zero attached hydrogens (tertiary/aromatic N) is 2. The number of nitrogens with two attached hydrogens (primary N) is 1. The molecule has 0 saturated carbocycles. The van der Waals surface area contributed by atoms with Crippen molar-refractivity contribution in [3.05, 3.63) is 84.2 Å². The van der Waals surface area contributed by atoms with Crippen molar-refractivity contribution in [1.82, 2.24) is 9.71 Å². The summed E-state index contributed by atoms with van der Waals surface area (Å²) in [6.45, 7) is 1.39. The topological polar surface area (TPSA) is 84.6 Å². The van der Waals surface area contributed by atoms with Gasteiger partial charge in [-0.05, 0) is 60.1 Å². The van der Waals surface area contributed by atoms with Gasteiger partial charge in [0.05, 0.1) is 13.7 Å². The highest BCUT2D eigenvalue weighted by molar-refractivity contribution is 7.97. The minimum atomic E-state index is 0.565. The predicted octanol–water partition coefficient (Wildman–Crippen LogP) is 4.61. The molecule has 166 valence electrons. The summed E-state index contributed by atoms with van der Waals surface area (Å²) in [7, 11) is 3.59. The van der Waals surface area contributed by atoms with Gasteiger partial charge in [0.15, 0.2) is 0 Å².